The van der Waals surface area contributed by atoms with Crippen molar-refractivity contribution < 1.29 is 14.3 Å². The van der Waals surface area contributed by atoms with E-state index in [9.17, 15) is 9.59 Å². The lowest BCUT2D eigenvalue weighted by Gasteiger charge is -2.09. The number of carbonyl (C=O) groups is 2. The Labute approximate surface area is 81.9 Å². The van der Waals surface area contributed by atoms with Gasteiger partial charge in [0.15, 0.2) is 5.92 Å². The summed E-state index contributed by atoms with van der Waals surface area (Å²) in [5.41, 5.74) is 0.423. The second-order valence-electron chi connectivity index (χ2n) is 2.82. The van der Waals surface area contributed by atoms with Gasteiger partial charge in [0, 0.05) is 6.20 Å². The fraction of sp³-hybridized carbons (Fsp3) is 0.300. The maximum absolute atomic E-state index is 11.3. The van der Waals surface area contributed by atoms with E-state index in [4.69, 9.17) is 0 Å². The number of esters is 1. The Balaban J connectivity index is 3.01. The molecule has 0 saturated heterocycles. The van der Waals surface area contributed by atoms with E-state index in [0.29, 0.717) is 5.69 Å². The molecule has 1 unspecified atom stereocenters. The zero-order chi connectivity index (χ0) is 10.6. The third-order valence-corrected chi connectivity index (χ3v) is 1.83. The standard InChI is InChI=1S/C10H11NO3/c1-7(12)9(10(13)14-2)8-5-3-4-6-11-8/h3-6,9H,1-2H3. The molecule has 1 atom stereocenters. The summed E-state index contributed by atoms with van der Waals surface area (Å²) in [5.74, 6) is -1.74. The number of hydrogen-bond acceptors (Lipinski definition) is 4. The summed E-state index contributed by atoms with van der Waals surface area (Å²) in [6, 6.07) is 5.07. The predicted octanol–water partition coefficient (Wildman–Crippen LogP) is 0.927. The summed E-state index contributed by atoms with van der Waals surface area (Å²) in [7, 11) is 1.25. The maximum Gasteiger partial charge on any atom is 0.322 e. The van der Waals surface area contributed by atoms with Crippen molar-refractivity contribution in [1.29, 1.82) is 0 Å². The molecule has 0 aliphatic heterocycles. The van der Waals surface area contributed by atoms with E-state index in [1.165, 1.54) is 20.2 Å². The van der Waals surface area contributed by atoms with Crippen LogP contribution in [-0.4, -0.2) is 23.8 Å². The quantitative estimate of drug-likeness (QED) is 0.529. The van der Waals surface area contributed by atoms with Crippen LogP contribution >= 0.6 is 0 Å². The molecule has 0 aromatic carbocycles. The molecule has 1 aromatic rings. The van der Waals surface area contributed by atoms with E-state index >= 15 is 0 Å². The maximum atomic E-state index is 11.3. The van der Waals surface area contributed by atoms with Crippen molar-refractivity contribution in [3.8, 4) is 0 Å². The lowest BCUT2D eigenvalue weighted by Crippen LogP contribution is -2.21. The van der Waals surface area contributed by atoms with Crippen LogP contribution in [0.5, 0.6) is 0 Å². The first-order valence-corrected chi connectivity index (χ1v) is 4.16. The van der Waals surface area contributed by atoms with E-state index in [-0.39, 0.29) is 5.78 Å². The molecule has 1 rings (SSSR count). The minimum atomic E-state index is -0.902. The number of hydrogen-bond donors (Lipinski definition) is 0. The highest BCUT2D eigenvalue weighted by molar-refractivity contribution is 6.02. The molecule has 0 fully saturated rings. The number of carbonyl (C=O) groups excluding carboxylic acids is 2. The van der Waals surface area contributed by atoms with E-state index < -0.39 is 11.9 Å². The average Bonchev–Trinajstić information content (AvgIpc) is 2.19. The molecule has 0 spiro atoms. The minimum absolute atomic E-state index is 0.268. The molecular formula is C10H11NO3. The number of methoxy groups -OCH3 is 1. The number of rotatable bonds is 3. The van der Waals surface area contributed by atoms with Gasteiger partial charge in [-0.25, -0.2) is 0 Å². The molecule has 0 aliphatic rings. The van der Waals surface area contributed by atoms with Crippen molar-refractivity contribution in [3.05, 3.63) is 30.1 Å². The van der Waals surface area contributed by atoms with Gasteiger partial charge in [-0.05, 0) is 19.1 Å². The molecule has 0 N–H and O–H groups in total. The van der Waals surface area contributed by atoms with Crippen LogP contribution in [0.2, 0.25) is 0 Å². The number of nitrogens with zero attached hydrogens (tertiary/aromatic N) is 1. The number of ether oxygens (including phenoxy) is 1. The summed E-state index contributed by atoms with van der Waals surface area (Å²) < 4.78 is 4.53. The fourth-order valence-corrected chi connectivity index (χ4v) is 1.16. The first-order valence-electron chi connectivity index (χ1n) is 4.16. The van der Waals surface area contributed by atoms with E-state index in [1.807, 2.05) is 0 Å². The highest BCUT2D eigenvalue weighted by Crippen LogP contribution is 2.15. The molecule has 0 radical (unpaired) electrons. The second kappa shape index (κ2) is 4.50. The largest absolute Gasteiger partial charge is 0.468 e. The zero-order valence-electron chi connectivity index (χ0n) is 8.06. The molecule has 74 valence electrons. The molecular weight excluding hydrogens is 182 g/mol. The van der Waals surface area contributed by atoms with Crippen LogP contribution in [0.4, 0.5) is 0 Å². The van der Waals surface area contributed by atoms with Gasteiger partial charge in [0.2, 0.25) is 0 Å². The smallest absolute Gasteiger partial charge is 0.322 e. The lowest BCUT2D eigenvalue weighted by molar-refractivity contribution is -0.145. The molecule has 0 saturated carbocycles. The highest BCUT2D eigenvalue weighted by atomic mass is 16.5. The van der Waals surface area contributed by atoms with E-state index in [1.54, 1.807) is 18.2 Å². The Hall–Kier alpha value is -1.71. The van der Waals surface area contributed by atoms with Crippen LogP contribution in [0.15, 0.2) is 24.4 Å². The van der Waals surface area contributed by atoms with Gasteiger partial charge in [-0.15, -0.1) is 0 Å². The molecule has 0 bridgehead atoms. The van der Waals surface area contributed by atoms with Gasteiger partial charge in [0.05, 0.1) is 12.8 Å². The molecule has 4 nitrogen and oxygen atoms in total. The Bertz CT molecular complexity index is 334. The van der Waals surface area contributed by atoms with Crippen molar-refractivity contribution in [2.45, 2.75) is 12.8 Å². The van der Waals surface area contributed by atoms with Gasteiger partial charge in [-0.2, -0.15) is 0 Å². The van der Waals surface area contributed by atoms with Crippen LogP contribution in [0.25, 0.3) is 0 Å². The number of aromatic nitrogens is 1. The molecule has 0 aliphatic carbocycles. The summed E-state index contributed by atoms with van der Waals surface area (Å²) >= 11 is 0. The normalized spacial score (nSPS) is 11.9. The Morgan fingerprint density at radius 1 is 1.43 bits per heavy atom. The highest BCUT2D eigenvalue weighted by Gasteiger charge is 2.26. The molecule has 14 heavy (non-hydrogen) atoms. The number of pyridine rings is 1. The van der Waals surface area contributed by atoms with Gasteiger partial charge < -0.3 is 4.74 Å². The molecule has 1 aromatic heterocycles. The average molecular weight is 193 g/mol. The first-order chi connectivity index (χ1) is 6.66. The Morgan fingerprint density at radius 3 is 2.57 bits per heavy atom. The third-order valence-electron chi connectivity index (χ3n) is 1.83. The van der Waals surface area contributed by atoms with E-state index in [2.05, 4.69) is 9.72 Å². The molecule has 4 heteroatoms. The van der Waals surface area contributed by atoms with Crippen molar-refractivity contribution in [2.75, 3.05) is 7.11 Å². The third kappa shape index (κ3) is 2.16. The van der Waals surface area contributed by atoms with Crippen molar-refractivity contribution >= 4 is 11.8 Å². The second-order valence-corrected chi connectivity index (χ2v) is 2.82. The summed E-state index contributed by atoms with van der Waals surface area (Å²) in [6.45, 7) is 1.34. The van der Waals surface area contributed by atoms with Crippen LogP contribution < -0.4 is 0 Å². The Morgan fingerprint density at radius 2 is 2.14 bits per heavy atom. The summed E-state index contributed by atoms with van der Waals surface area (Å²) in [6.07, 6.45) is 1.54. The predicted molar refractivity (Wildman–Crippen MR) is 49.7 cm³/mol. The zero-order valence-corrected chi connectivity index (χ0v) is 8.06. The van der Waals surface area contributed by atoms with Gasteiger partial charge in [0.25, 0.3) is 0 Å². The van der Waals surface area contributed by atoms with Gasteiger partial charge in [0.1, 0.15) is 5.78 Å². The van der Waals surface area contributed by atoms with Gasteiger partial charge in [-0.1, -0.05) is 6.07 Å². The van der Waals surface area contributed by atoms with Crippen LogP contribution in [0, 0.1) is 0 Å². The van der Waals surface area contributed by atoms with Gasteiger partial charge >= 0.3 is 5.97 Å². The SMILES string of the molecule is COC(=O)C(C(C)=O)c1ccccn1. The molecule has 1 heterocycles. The van der Waals surface area contributed by atoms with Crippen molar-refractivity contribution in [1.82, 2.24) is 4.98 Å². The van der Waals surface area contributed by atoms with Gasteiger partial charge in [-0.3, -0.25) is 14.6 Å². The van der Waals surface area contributed by atoms with Crippen LogP contribution in [0.1, 0.15) is 18.5 Å². The number of Topliss-reactive ketones (excluding diaryl/α,β-unsaturated/α-hetero) is 1. The van der Waals surface area contributed by atoms with E-state index in [0.717, 1.165) is 0 Å². The van der Waals surface area contributed by atoms with Crippen LogP contribution in [-0.2, 0) is 14.3 Å². The van der Waals surface area contributed by atoms with Crippen molar-refractivity contribution in [3.63, 3.8) is 0 Å². The summed E-state index contributed by atoms with van der Waals surface area (Å²) in [4.78, 5) is 26.4. The Kier molecular flexibility index (Phi) is 3.34. The van der Waals surface area contributed by atoms with Crippen LogP contribution in [0.3, 0.4) is 0 Å². The lowest BCUT2D eigenvalue weighted by atomic mass is 10.0. The fourth-order valence-electron chi connectivity index (χ4n) is 1.16. The topological polar surface area (TPSA) is 56.3 Å². The monoisotopic (exact) mass is 193 g/mol. The summed E-state index contributed by atoms with van der Waals surface area (Å²) in [5, 5.41) is 0. The minimum Gasteiger partial charge on any atom is -0.468 e. The number of ketones is 1. The first kappa shape index (κ1) is 10.4. The molecule has 0 amide bonds. The van der Waals surface area contributed by atoms with Crippen molar-refractivity contribution in [2.24, 2.45) is 0 Å².